The van der Waals surface area contributed by atoms with Gasteiger partial charge in [-0.2, -0.15) is 0 Å². The van der Waals surface area contributed by atoms with E-state index in [1.54, 1.807) is 12.1 Å². The summed E-state index contributed by atoms with van der Waals surface area (Å²) in [6, 6.07) is 11.8. The van der Waals surface area contributed by atoms with Crippen LogP contribution in [0.5, 0.6) is 11.5 Å². The number of hydrogen-bond acceptors (Lipinski definition) is 4. The lowest BCUT2D eigenvalue weighted by atomic mass is 10.1. The summed E-state index contributed by atoms with van der Waals surface area (Å²) in [6.45, 7) is 2.28. The van der Waals surface area contributed by atoms with Crippen molar-refractivity contribution >= 4 is 0 Å². The Morgan fingerprint density at radius 3 is 2.52 bits per heavy atom. The predicted octanol–water partition coefficient (Wildman–Crippen LogP) is 2.76. The molecule has 1 aliphatic rings. The second-order valence-corrected chi connectivity index (χ2v) is 5.74. The van der Waals surface area contributed by atoms with Gasteiger partial charge in [0, 0.05) is 13.1 Å². The molecule has 1 aliphatic heterocycles. The fourth-order valence-electron chi connectivity index (χ4n) is 2.65. The summed E-state index contributed by atoms with van der Waals surface area (Å²) in [7, 11) is 1.93. The van der Waals surface area contributed by atoms with Gasteiger partial charge in [0.2, 0.25) is 0 Å². The minimum Gasteiger partial charge on any atom is -0.486 e. The minimum atomic E-state index is -0.655. The highest BCUT2D eigenvalue weighted by Gasteiger charge is 2.14. The van der Waals surface area contributed by atoms with E-state index in [4.69, 9.17) is 9.47 Å². The number of ether oxygens (including phenoxy) is 2. The first-order valence-corrected chi connectivity index (χ1v) is 7.62. The highest BCUT2D eigenvalue weighted by Crippen LogP contribution is 2.31. The van der Waals surface area contributed by atoms with E-state index in [0.29, 0.717) is 31.9 Å². The zero-order valence-corrected chi connectivity index (χ0v) is 13.0. The Hall–Kier alpha value is -2.11. The number of fused-ring (bicyclic) bond motifs is 1. The van der Waals surface area contributed by atoms with Gasteiger partial charge in [0.15, 0.2) is 11.5 Å². The van der Waals surface area contributed by atoms with Crippen molar-refractivity contribution in [1.82, 2.24) is 4.90 Å². The molecule has 4 nitrogen and oxygen atoms in total. The molecule has 0 saturated carbocycles. The molecule has 2 aromatic rings. The van der Waals surface area contributed by atoms with Crippen LogP contribution in [-0.2, 0) is 6.54 Å². The molecule has 1 N–H and O–H groups in total. The maximum absolute atomic E-state index is 12.9. The van der Waals surface area contributed by atoms with E-state index in [1.165, 1.54) is 12.1 Å². The number of aliphatic hydroxyl groups is 1. The van der Waals surface area contributed by atoms with Crippen molar-refractivity contribution < 1.29 is 19.0 Å². The fourth-order valence-corrected chi connectivity index (χ4v) is 2.65. The Labute approximate surface area is 135 Å². The Balaban J connectivity index is 1.60. The zero-order chi connectivity index (χ0) is 16.2. The van der Waals surface area contributed by atoms with E-state index < -0.39 is 6.10 Å². The first-order valence-electron chi connectivity index (χ1n) is 7.62. The molecule has 1 atom stereocenters. The zero-order valence-electron chi connectivity index (χ0n) is 13.0. The van der Waals surface area contributed by atoms with Crippen LogP contribution < -0.4 is 9.47 Å². The van der Waals surface area contributed by atoms with Crippen LogP contribution in [0, 0.1) is 5.82 Å². The molecule has 0 radical (unpaired) electrons. The highest BCUT2D eigenvalue weighted by atomic mass is 19.1. The van der Waals surface area contributed by atoms with Crippen LogP contribution in [0.15, 0.2) is 42.5 Å². The molecule has 0 spiro atoms. The molecule has 0 aromatic heterocycles. The second-order valence-electron chi connectivity index (χ2n) is 5.74. The molecular weight excluding hydrogens is 297 g/mol. The molecule has 23 heavy (non-hydrogen) atoms. The first-order chi connectivity index (χ1) is 11.1. The van der Waals surface area contributed by atoms with E-state index in [1.807, 2.05) is 30.1 Å². The molecule has 1 unspecified atom stereocenters. The number of halogens is 1. The van der Waals surface area contributed by atoms with Gasteiger partial charge in [-0.15, -0.1) is 0 Å². The Bertz CT molecular complexity index is 660. The third-order valence-corrected chi connectivity index (χ3v) is 3.80. The van der Waals surface area contributed by atoms with Crippen LogP contribution in [-0.4, -0.2) is 36.8 Å². The van der Waals surface area contributed by atoms with Crippen molar-refractivity contribution in [3.63, 3.8) is 0 Å². The van der Waals surface area contributed by atoms with Gasteiger partial charge < -0.3 is 14.6 Å². The van der Waals surface area contributed by atoms with Gasteiger partial charge in [-0.25, -0.2) is 4.39 Å². The molecule has 0 amide bonds. The molecule has 2 aromatic carbocycles. The predicted molar refractivity (Wildman–Crippen MR) is 85.1 cm³/mol. The lowest BCUT2D eigenvalue weighted by Crippen LogP contribution is -2.24. The van der Waals surface area contributed by atoms with Gasteiger partial charge in [0.25, 0.3) is 0 Å². The van der Waals surface area contributed by atoms with Crippen LogP contribution in [0.1, 0.15) is 17.2 Å². The lowest BCUT2D eigenvalue weighted by molar-refractivity contribution is 0.123. The summed E-state index contributed by atoms with van der Waals surface area (Å²) < 4.78 is 24.0. The Kier molecular flexibility index (Phi) is 4.79. The standard InChI is InChI=1S/C18H20FNO3/c1-20(12-16(21)14-3-5-15(19)6-4-14)11-13-2-7-17-18(10-13)23-9-8-22-17/h2-7,10,16,21H,8-9,11-12H2,1H3. The van der Waals surface area contributed by atoms with Crippen molar-refractivity contribution in [2.24, 2.45) is 0 Å². The van der Waals surface area contributed by atoms with Crippen LogP contribution in [0.4, 0.5) is 4.39 Å². The number of benzene rings is 2. The number of likely N-dealkylation sites (N-methyl/N-ethyl adjacent to an activating group) is 1. The van der Waals surface area contributed by atoms with Gasteiger partial charge in [0.1, 0.15) is 19.0 Å². The number of hydrogen-bond donors (Lipinski definition) is 1. The summed E-state index contributed by atoms with van der Waals surface area (Å²) in [5, 5.41) is 10.2. The van der Waals surface area contributed by atoms with Crippen molar-refractivity contribution in [2.75, 3.05) is 26.8 Å². The van der Waals surface area contributed by atoms with E-state index in [9.17, 15) is 9.50 Å². The molecule has 0 fully saturated rings. The molecule has 0 bridgehead atoms. The van der Waals surface area contributed by atoms with Crippen molar-refractivity contribution in [1.29, 1.82) is 0 Å². The largest absolute Gasteiger partial charge is 0.486 e. The molecule has 3 rings (SSSR count). The normalized spacial score (nSPS) is 14.8. The molecule has 1 heterocycles. The van der Waals surface area contributed by atoms with Gasteiger partial charge >= 0.3 is 0 Å². The van der Waals surface area contributed by atoms with Crippen LogP contribution in [0.25, 0.3) is 0 Å². The maximum Gasteiger partial charge on any atom is 0.161 e. The average molecular weight is 317 g/mol. The molecule has 122 valence electrons. The maximum atomic E-state index is 12.9. The number of rotatable bonds is 5. The Morgan fingerprint density at radius 2 is 1.78 bits per heavy atom. The fraction of sp³-hybridized carbons (Fsp3) is 0.333. The molecular formula is C18H20FNO3. The minimum absolute atomic E-state index is 0.300. The first kappa shape index (κ1) is 15.8. The second kappa shape index (κ2) is 6.98. The van der Waals surface area contributed by atoms with E-state index in [2.05, 4.69) is 0 Å². The van der Waals surface area contributed by atoms with Crippen molar-refractivity contribution in [3.8, 4) is 11.5 Å². The van der Waals surface area contributed by atoms with Gasteiger partial charge in [-0.1, -0.05) is 18.2 Å². The number of nitrogens with zero attached hydrogens (tertiary/aromatic N) is 1. The summed E-state index contributed by atoms with van der Waals surface area (Å²) in [5.41, 5.74) is 1.79. The summed E-state index contributed by atoms with van der Waals surface area (Å²) in [5.74, 6) is 1.24. The van der Waals surface area contributed by atoms with Gasteiger partial charge in [-0.3, -0.25) is 4.90 Å². The van der Waals surface area contributed by atoms with Gasteiger partial charge in [-0.05, 0) is 42.4 Å². The topological polar surface area (TPSA) is 41.9 Å². The van der Waals surface area contributed by atoms with Crippen molar-refractivity contribution in [3.05, 3.63) is 59.4 Å². The van der Waals surface area contributed by atoms with Gasteiger partial charge in [0.05, 0.1) is 6.10 Å². The van der Waals surface area contributed by atoms with E-state index >= 15 is 0 Å². The Morgan fingerprint density at radius 1 is 1.09 bits per heavy atom. The van der Waals surface area contributed by atoms with Crippen LogP contribution in [0.2, 0.25) is 0 Å². The number of aliphatic hydroxyl groups excluding tert-OH is 1. The monoisotopic (exact) mass is 317 g/mol. The van der Waals surface area contributed by atoms with E-state index in [-0.39, 0.29) is 5.82 Å². The quantitative estimate of drug-likeness (QED) is 0.921. The summed E-state index contributed by atoms with van der Waals surface area (Å²) in [4.78, 5) is 2.01. The third kappa shape index (κ3) is 4.00. The summed E-state index contributed by atoms with van der Waals surface area (Å²) in [6.07, 6.45) is -0.655. The SMILES string of the molecule is CN(Cc1ccc2c(c1)OCCO2)CC(O)c1ccc(F)cc1. The average Bonchev–Trinajstić information content (AvgIpc) is 2.55. The molecule has 0 aliphatic carbocycles. The molecule has 5 heteroatoms. The van der Waals surface area contributed by atoms with E-state index in [0.717, 1.165) is 17.1 Å². The molecule has 0 saturated heterocycles. The van der Waals surface area contributed by atoms with Crippen LogP contribution >= 0.6 is 0 Å². The smallest absolute Gasteiger partial charge is 0.161 e. The lowest BCUT2D eigenvalue weighted by Gasteiger charge is -2.23. The highest BCUT2D eigenvalue weighted by molar-refractivity contribution is 5.43. The van der Waals surface area contributed by atoms with Crippen molar-refractivity contribution in [2.45, 2.75) is 12.6 Å². The summed E-state index contributed by atoms with van der Waals surface area (Å²) >= 11 is 0. The van der Waals surface area contributed by atoms with Crippen LogP contribution in [0.3, 0.4) is 0 Å². The third-order valence-electron chi connectivity index (χ3n) is 3.80.